The summed E-state index contributed by atoms with van der Waals surface area (Å²) in [5, 5.41) is 13.4. The molecule has 0 aliphatic rings. The fourth-order valence-electron chi connectivity index (χ4n) is 2.85. The number of aryl methyl sites for hydroxylation is 2. The van der Waals surface area contributed by atoms with E-state index in [9.17, 15) is 0 Å². The van der Waals surface area contributed by atoms with Crippen LogP contribution >= 0.6 is 23.4 Å². The minimum absolute atomic E-state index is 0.217. The Balaban J connectivity index is 1.39. The van der Waals surface area contributed by atoms with Gasteiger partial charge in [-0.1, -0.05) is 58.9 Å². The van der Waals surface area contributed by atoms with Crippen molar-refractivity contribution in [3.8, 4) is 17.1 Å². The van der Waals surface area contributed by atoms with Crippen molar-refractivity contribution < 1.29 is 9.26 Å². The molecule has 0 saturated carbocycles. The van der Waals surface area contributed by atoms with Crippen molar-refractivity contribution in [1.82, 2.24) is 25.0 Å². The van der Waals surface area contributed by atoms with Crippen LogP contribution in [0.2, 0.25) is 5.02 Å². The molecular formula is C20H19ClN6O2S. The Morgan fingerprint density at radius 1 is 1.13 bits per heavy atom. The molecule has 0 radical (unpaired) electrons. The third-order valence-corrected chi connectivity index (χ3v) is 5.53. The minimum atomic E-state index is 0.217. The zero-order valence-corrected chi connectivity index (χ0v) is 17.9. The molecule has 4 rings (SSSR count). The van der Waals surface area contributed by atoms with Crippen LogP contribution in [-0.4, -0.2) is 25.0 Å². The molecule has 0 fully saturated rings. The number of nitrogen functional groups attached to an aromatic ring is 1. The Bertz CT molecular complexity index is 1160. The van der Waals surface area contributed by atoms with Crippen molar-refractivity contribution in [2.45, 2.75) is 31.4 Å². The lowest BCUT2D eigenvalue weighted by Gasteiger charge is -2.11. The van der Waals surface area contributed by atoms with Gasteiger partial charge in [-0.2, -0.15) is 4.98 Å². The van der Waals surface area contributed by atoms with Gasteiger partial charge in [0.1, 0.15) is 12.4 Å². The molecule has 0 spiro atoms. The number of hydrogen-bond acceptors (Lipinski definition) is 8. The molecule has 0 unspecified atom stereocenters. The number of nitrogens with two attached hydrogens (primary N) is 1. The maximum absolute atomic E-state index is 6.13. The van der Waals surface area contributed by atoms with E-state index in [4.69, 9.17) is 26.7 Å². The number of hydrogen-bond donors (Lipinski definition) is 1. The van der Waals surface area contributed by atoms with Crippen molar-refractivity contribution in [2.24, 2.45) is 0 Å². The van der Waals surface area contributed by atoms with Gasteiger partial charge in [0, 0.05) is 10.6 Å². The Labute approximate surface area is 182 Å². The zero-order valence-electron chi connectivity index (χ0n) is 16.4. The van der Waals surface area contributed by atoms with E-state index in [-0.39, 0.29) is 6.61 Å². The number of ether oxygens (including phenoxy) is 1. The number of rotatable bonds is 7. The van der Waals surface area contributed by atoms with E-state index in [0.29, 0.717) is 33.5 Å². The van der Waals surface area contributed by atoms with E-state index in [1.165, 1.54) is 16.4 Å². The van der Waals surface area contributed by atoms with Crippen molar-refractivity contribution >= 4 is 23.4 Å². The van der Waals surface area contributed by atoms with Crippen molar-refractivity contribution in [2.75, 3.05) is 5.84 Å². The Hall–Kier alpha value is -3.04. The minimum Gasteiger partial charge on any atom is -0.485 e. The molecule has 0 bridgehead atoms. The number of halogens is 1. The van der Waals surface area contributed by atoms with E-state index >= 15 is 0 Å². The summed E-state index contributed by atoms with van der Waals surface area (Å²) in [6.45, 7) is 4.22. The second-order valence-corrected chi connectivity index (χ2v) is 7.97. The largest absolute Gasteiger partial charge is 0.485 e. The fourth-order valence-corrected chi connectivity index (χ4v) is 3.76. The summed E-state index contributed by atoms with van der Waals surface area (Å²) in [5.74, 6) is 8.81. The van der Waals surface area contributed by atoms with Gasteiger partial charge in [0.2, 0.25) is 16.9 Å². The van der Waals surface area contributed by atoms with Gasteiger partial charge in [-0.3, -0.25) is 0 Å². The summed E-state index contributed by atoms with van der Waals surface area (Å²) >= 11 is 7.36. The topological polar surface area (TPSA) is 105 Å². The van der Waals surface area contributed by atoms with Crippen molar-refractivity contribution in [3.05, 3.63) is 70.3 Å². The third-order valence-electron chi connectivity index (χ3n) is 4.37. The van der Waals surface area contributed by atoms with Crippen LogP contribution in [0.5, 0.6) is 5.75 Å². The summed E-state index contributed by atoms with van der Waals surface area (Å²) in [7, 11) is 0. The highest BCUT2D eigenvalue weighted by Gasteiger charge is 2.15. The second-order valence-electron chi connectivity index (χ2n) is 6.59. The molecule has 0 amide bonds. The molecule has 154 valence electrons. The lowest BCUT2D eigenvalue weighted by molar-refractivity contribution is 0.288. The van der Waals surface area contributed by atoms with Gasteiger partial charge in [-0.25, -0.2) is 4.68 Å². The van der Waals surface area contributed by atoms with Crippen LogP contribution in [0.25, 0.3) is 11.4 Å². The molecule has 0 saturated heterocycles. The van der Waals surface area contributed by atoms with Crippen LogP contribution < -0.4 is 10.6 Å². The van der Waals surface area contributed by atoms with Gasteiger partial charge in [0.05, 0.1) is 5.75 Å². The second kappa shape index (κ2) is 8.76. The maximum atomic E-state index is 6.13. The molecular weight excluding hydrogens is 424 g/mol. The van der Waals surface area contributed by atoms with E-state index < -0.39 is 0 Å². The average molecular weight is 443 g/mol. The molecule has 10 heteroatoms. The molecule has 2 aromatic heterocycles. The summed E-state index contributed by atoms with van der Waals surface area (Å²) in [6.07, 6.45) is 0. The normalized spacial score (nSPS) is 11.0. The van der Waals surface area contributed by atoms with E-state index in [0.717, 1.165) is 22.4 Å². The van der Waals surface area contributed by atoms with Gasteiger partial charge in [-0.05, 0) is 37.1 Å². The summed E-state index contributed by atoms with van der Waals surface area (Å²) in [4.78, 5) is 4.39. The first kappa shape index (κ1) is 20.2. The van der Waals surface area contributed by atoms with Gasteiger partial charge in [0.25, 0.3) is 0 Å². The van der Waals surface area contributed by atoms with Gasteiger partial charge in [-0.15, -0.1) is 10.2 Å². The van der Waals surface area contributed by atoms with Crippen molar-refractivity contribution in [1.29, 1.82) is 0 Å². The SMILES string of the molecule is Cc1cccc(C)c1OCc1nnc(SCc2nc(-c3cccc(Cl)c3)no2)n1N. The van der Waals surface area contributed by atoms with Gasteiger partial charge < -0.3 is 15.1 Å². The highest BCUT2D eigenvalue weighted by Crippen LogP contribution is 2.25. The van der Waals surface area contributed by atoms with Crippen LogP contribution in [0.15, 0.2) is 52.1 Å². The molecule has 4 aromatic rings. The highest BCUT2D eigenvalue weighted by atomic mass is 35.5. The predicted molar refractivity (Wildman–Crippen MR) is 115 cm³/mol. The number of aromatic nitrogens is 5. The van der Waals surface area contributed by atoms with Gasteiger partial charge in [0.15, 0.2) is 5.82 Å². The van der Waals surface area contributed by atoms with Crippen molar-refractivity contribution in [3.63, 3.8) is 0 Å². The zero-order chi connectivity index (χ0) is 21.1. The summed E-state index contributed by atoms with van der Waals surface area (Å²) in [6, 6.07) is 13.3. The molecule has 2 aromatic carbocycles. The van der Waals surface area contributed by atoms with Crippen LogP contribution in [0.3, 0.4) is 0 Å². The summed E-state index contributed by atoms with van der Waals surface area (Å²) in [5.41, 5.74) is 2.90. The third kappa shape index (κ3) is 4.42. The van der Waals surface area contributed by atoms with Gasteiger partial charge >= 0.3 is 0 Å². The average Bonchev–Trinajstić information content (AvgIpc) is 3.33. The maximum Gasteiger partial charge on any atom is 0.237 e. The first-order chi connectivity index (χ1) is 14.5. The molecule has 2 N–H and O–H groups in total. The molecule has 0 atom stereocenters. The first-order valence-electron chi connectivity index (χ1n) is 9.11. The number of para-hydroxylation sites is 1. The van der Waals surface area contributed by atoms with E-state index in [1.807, 2.05) is 44.2 Å². The first-order valence-corrected chi connectivity index (χ1v) is 10.5. The molecule has 0 aliphatic heterocycles. The number of benzene rings is 2. The van der Waals surface area contributed by atoms with Crippen LogP contribution in [-0.2, 0) is 12.4 Å². The van der Waals surface area contributed by atoms with Crippen LogP contribution in [0.1, 0.15) is 22.8 Å². The highest BCUT2D eigenvalue weighted by molar-refractivity contribution is 7.98. The molecule has 2 heterocycles. The van der Waals surface area contributed by atoms with E-state index in [1.54, 1.807) is 12.1 Å². The Morgan fingerprint density at radius 3 is 2.67 bits per heavy atom. The Kier molecular flexibility index (Phi) is 5.91. The Morgan fingerprint density at radius 2 is 1.90 bits per heavy atom. The number of thioether (sulfide) groups is 1. The molecule has 30 heavy (non-hydrogen) atoms. The number of nitrogens with zero attached hydrogens (tertiary/aromatic N) is 5. The smallest absolute Gasteiger partial charge is 0.237 e. The predicted octanol–water partition coefficient (Wildman–Crippen LogP) is 4.18. The monoisotopic (exact) mass is 442 g/mol. The lowest BCUT2D eigenvalue weighted by Crippen LogP contribution is -2.16. The summed E-state index contributed by atoms with van der Waals surface area (Å²) < 4.78 is 12.6. The van der Waals surface area contributed by atoms with Crippen LogP contribution in [0.4, 0.5) is 0 Å². The lowest BCUT2D eigenvalue weighted by atomic mass is 10.1. The van der Waals surface area contributed by atoms with E-state index in [2.05, 4.69) is 20.3 Å². The molecule has 0 aliphatic carbocycles. The quantitative estimate of drug-likeness (QED) is 0.335. The molecule has 8 nitrogen and oxygen atoms in total. The standard InChI is InChI=1S/C20H19ClN6O2S/c1-12-5-3-6-13(2)18(12)28-10-16-24-25-20(27(16)22)30-11-17-23-19(26-29-17)14-7-4-8-15(21)9-14/h3-9H,10-11,22H2,1-2H3. The fraction of sp³-hybridized carbons (Fsp3) is 0.200. The van der Waals surface area contributed by atoms with Crippen LogP contribution in [0, 0.1) is 13.8 Å².